The van der Waals surface area contributed by atoms with Crippen molar-refractivity contribution < 1.29 is 19.4 Å². The van der Waals surface area contributed by atoms with Gasteiger partial charge in [-0.25, -0.2) is 0 Å². The summed E-state index contributed by atoms with van der Waals surface area (Å²) in [7, 11) is 0. The summed E-state index contributed by atoms with van der Waals surface area (Å²) in [5.41, 5.74) is 0.593. The Bertz CT molecular complexity index is 450. The molecule has 1 N–H and O–H groups in total. The van der Waals surface area contributed by atoms with Crippen molar-refractivity contribution in [3.8, 4) is 0 Å². The van der Waals surface area contributed by atoms with Gasteiger partial charge in [-0.3, -0.25) is 9.59 Å². The third-order valence-corrected chi connectivity index (χ3v) is 2.73. The highest BCUT2D eigenvalue weighted by Crippen LogP contribution is 2.25. The quantitative estimate of drug-likeness (QED) is 0.778. The maximum atomic E-state index is 11.3. The molecule has 0 aliphatic heterocycles. The van der Waals surface area contributed by atoms with Crippen LogP contribution in [0.5, 0.6) is 0 Å². The third kappa shape index (κ3) is 5.18. The van der Waals surface area contributed by atoms with E-state index < -0.39 is 5.97 Å². The molecule has 0 radical (unpaired) electrons. The van der Waals surface area contributed by atoms with Crippen molar-refractivity contribution >= 4 is 29.2 Å². The molecule has 0 amide bonds. The maximum absolute atomic E-state index is 11.3. The van der Waals surface area contributed by atoms with Crippen LogP contribution in [0, 0.1) is 0 Å². The number of para-hydroxylation sites is 1. The van der Waals surface area contributed by atoms with Crippen LogP contribution in [0.2, 0.25) is 5.02 Å². The molecule has 0 atom stereocenters. The third-order valence-electron chi connectivity index (χ3n) is 2.41. The normalized spacial score (nSPS) is 10.0. The molecule has 5 nitrogen and oxygen atoms in total. The average molecular weight is 286 g/mol. The largest absolute Gasteiger partial charge is 0.480 e. The zero-order chi connectivity index (χ0) is 14.3. The first-order chi connectivity index (χ1) is 9.04. The maximum Gasteiger partial charge on any atom is 0.323 e. The number of hydrogen-bond donors (Lipinski definition) is 1. The van der Waals surface area contributed by atoms with Crippen LogP contribution in [0.4, 0.5) is 5.69 Å². The zero-order valence-corrected chi connectivity index (χ0v) is 11.4. The van der Waals surface area contributed by atoms with E-state index in [9.17, 15) is 9.59 Å². The molecule has 104 valence electrons. The van der Waals surface area contributed by atoms with Crippen LogP contribution in [-0.2, 0) is 14.3 Å². The smallest absolute Gasteiger partial charge is 0.323 e. The number of rotatable bonds is 7. The van der Waals surface area contributed by atoms with Crippen molar-refractivity contribution in [2.24, 2.45) is 0 Å². The van der Waals surface area contributed by atoms with Crippen LogP contribution < -0.4 is 4.90 Å². The lowest BCUT2D eigenvalue weighted by atomic mass is 10.2. The summed E-state index contributed by atoms with van der Waals surface area (Å²) in [6.45, 7) is 2.06. The summed E-state index contributed by atoms with van der Waals surface area (Å²) < 4.78 is 4.82. The molecule has 1 aromatic carbocycles. The molecule has 0 fully saturated rings. The van der Waals surface area contributed by atoms with Crippen LogP contribution in [0.3, 0.4) is 0 Å². The first kappa shape index (κ1) is 15.3. The summed E-state index contributed by atoms with van der Waals surface area (Å²) in [6, 6.07) is 6.92. The van der Waals surface area contributed by atoms with Crippen molar-refractivity contribution in [2.75, 3.05) is 24.6 Å². The number of benzene rings is 1. The van der Waals surface area contributed by atoms with Gasteiger partial charge in [-0.05, 0) is 19.1 Å². The Morgan fingerprint density at radius 2 is 2.05 bits per heavy atom. The molecule has 0 aliphatic rings. The van der Waals surface area contributed by atoms with Crippen molar-refractivity contribution in [1.82, 2.24) is 0 Å². The van der Waals surface area contributed by atoms with E-state index in [0.29, 0.717) is 17.3 Å². The summed E-state index contributed by atoms with van der Waals surface area (Å²) in [5, 5.41) is 9.36. The molecule has 0 spiro atoms. The van der Waals surface area contributed by atoms with Crippen LogP contribution in [0.1, 0.15) is 13.3 Å². The van der Waals surface area contributed by atoms with Gasteiger partial charge in [0.25, 0.3) is 0 Å². The van der Waals surface area contributed by atoms with Crippen LogP contribution in [0.15, 0.2) is 24.3 Å². The second-order valence-electron chi connectivity index (χ2n) is 3.82. The number of esters is 1. The molecule has 0 unspecified atom stereocenters. The predicted molar refractivity (Wildman–Crippen MR) is 72.6 cm³/mol. The number of anilines is 1. The molecule has 1 rings (SSSR count). The summed E-state index contributed by atoms with van der Waals surface area (Å²) in [6.07, 6.45) is 0.117. The lowest BCUT2D eigenvalue weighted by molar-refractivity contribution is -0.143. The summed E-state index contributed by atoms with van der Waals surface area (Å²) in [5.74, 6) is -1.34. The molecule has 0 saturated heterocycles. The minimum Gasteiger partial charge on any atom is -0.480 e. The van der Waals surface area contributed by atoms with Gasteiger partial charge in [0.05, 0.1) is 23.7 Å². The molecule has 0 aromatic heterocycles. The fourth-order valence-corrected chi connectivity index (χ4v) is 1.87. The van der Waals surface area contributed by atoms with E-state index in [-0.39, 0.29) is 25.5 Å². The van der Waals surface area contributed by atoms with Gasteiger partial charge in [0, 0.05) is 6.54 Å². The number of carbonyl (C=O) groups excluding carboxylic acids is 1. The fourth-order valence-electron chi connectivity index (χ4n) is 1.62. The fraction of sp³-hybridized carbons (Fsp3) is 0.385. The van der Waals surface area contributed by atoms with E-state index in [1.54, 1.807) is 36.1 Å². The van der Waals surface area contributed by atoms with E-state index in [1.807, 2.05) is 0 Å². The predicted octanol–water partition coefficient (Wildman–Crippen LogP) is 2.18. The SMILES string of the molecule is CCOC(=O)CCN(CC(=O)O)c1ccccc1Cl. The van der Waals surface area contributed by atoms with Crippen molar-refractivity contribution in [3.63, 3.8) is 0 Å². The monoisotopic (exact) mass is 285 g/mol. The van der Waals surface area contributed by atoms with Gasteiger partial charge in [-0.1, -0.05) is 23.7 Å². The highest BCUT2D eigenvalue weighted by molar-refractivity contribution is 6.33. The molecule has 0 saturated carbocycles. The highest BCUT2D eigenvalue weighted by Gasteiger charge is 2.15. The number of aliphatic carboxylic acids is 1. The lowest BCUT2D eigenvalue weighted by Gasteiger charge is -2.23. The molecule has 0 aliphatic carbocycles. The number of carboxylic acid groups (broad SMARTS) is 1. The average Bonchev–Trinajstić information content (AvgIpc) is 2.35. The van der Waals surface area contributed by atoms with Crippen LogP contribution >= 0.6 is 11.6 Å². The number of nitrogens with zero attached hydrogens (tertiary/aromatic N) is 1. The number of halogens is 1. The Hall–Kier alpha value is -1.75. The molecule has 19 heavy (non-hydrogen) atoms. The Labute approximate surface area is 116 Å². The van der Waals surface area contributed by atoms with Crippen LogP contribution in [-0.4, -0.2) is 36.7 Å². The van der Waals surface area contributed by atoms with Gasteiger partial charge in [0.2, 0.25) is 0 Å². The Morgan fingerprint density at radius 1 is 1.37 bits per heavy atom. The van der Waals surface area contributed by atoms with Crippen LogP contribution in [0.25, 0.3) is 0 Å². The van der Waals surface area contributed by atoms with E-state index in [1.165, 1.54) is 0 Å². The van der Waals surface area contributed by atoms with Crippen molar-refractivity contribution in [1.29, 1.82) is 0 Å². The van der Waals surface area contributed by atoms with Crippen molar-refractivity contribution in [3.05, 3.63) is 29.3 Å². The van der Waals surface area contributed by atoms with Crippen molar-refractivity contribution in [2.45, 2.75) is 13.3 Å². The topological polar surface area (TPSA) is 66.8 Å². The minimum absolute atomic E-state index is 0.117. The molecule has 6 heteroatoms. The van der Waals surface area contributed by atoms with E-state index in [0.717, 1.165) is 0 Å². The second kappa shape index (κ2) is 7.63. The van der Waals surface area contributed by atoms with E-state index >= 15 is 0 Å². The lowest BCUT2D eigenvalue weighted by Crippen LogP contribution is -2.32. The minimum atomic E-state index is -0.983. The Morgan fingerprint density at radius 3 is 2.63 bits per heavy atom. The Balaban J connectivity index is 2.75. The van der Waals surface area contributed by atoms with Gasteiger partial charge >= 0.3 is 11.9 Å². The Kier molecular flexibility index (Phi) is 6.15. The molecular formula is C13H16ClNO4. The standard InChI is InChI=1S/C13H16ClNO4/c1-2-19-13(18)7-8-15(9-12(16)17)11-6-4-3-5-10(11)14/h3-6H,2,7-9H2,1H3,(H,16,17). The highest BCUT2D eigenvalue weighted by atomic mass is 35.5. The van der Waals surface area contributed by atoms with Gasteiger partial charge in [-0.15, -0.1) is 0 Å². The van der Waals surface area contributed by atoms with E-state index in [4.69, 9.17) is 21.4 Å². The molecular weight excluding hydrogens is 270 g/mol. The van der Waals surface area contributed by atoms with Gasteiger partial charge in [-0.2, -0.15) is 0 Å². The first-order valence-electron chi connectivity index (χ1n) is 5.91. The molecule has 0 bridgehead atoms. The number of ether oxygens (including phenoxy) is 1. The van der Waals surface area contributed by atoms with Gasteiger partial charge in [0.15, 0.2) is 0 Å². The first-order valence-corrected chi connectivity index (χ1v) is 6.29. The summed E-state index contributed by atoms with van der Waals surface area (Å²) in [4.78, 5) is 23.7. The number of carbonyl (C=O) groups is 2. The number of carboxylic acids is 1. The van der Waals surface area contributed by atoms with E-state index in [2.05, 4.69) is 0 Å². The molecule has 1 aromatic rings. The zero-order valence-electron chi connectivity index (χ0n) is 10.6. The van der Waals surface area contributed by atoms with Gasteiger partial charge in [0.1, 0.15) is 6.54 Å². The molecule has 0 heterocycles. The summed E-state index contributed by atoms with van der Waals surface area (Å²) >= 11 is 6.03. The number of hydrogen-bond acceptors (Lipinski definition) is 4. The van der Waals surface area contributed by atoms with Gasteiger partial charge < -0.3 is 14.7 Å². The second-order valence-corrected chi connectivity index (χ2v) is 4.23.